The maximum Gasteiger partial charge on any atom is 0.259 e. The molecule has 0 atom stereocenters. The number of carbonyl (C=O) groups is 1. The van der Waals surface area contributed by atoms with Crippen LogP contribution in [-0.2, 0) is 0 Å². The molecule has 0 aliphatic heterocycles. The van der Waals surface area contributed by atoms with Gasteiger partial charge in [0.1, 0.15) is 11.5 Å². The number of hydrogen-bond donors (Lipinski definition) is 1. The first kappa shape index (κ1) is 17.7. The Labute approximate surface area is 162 Å². The highest BCUT2D eigenvalue weighted by Gasteiger charge is 2.19. The van der Waals surface area contributed by atoms with Crippen LogP contribution in [0, 0.1) is 12.7 Å². The van der Waals surface area contributed by atoms with Gasteiger partial charge in [-0.3, -0.25) is 4.79 Å². The van der Waals surface area contributed by atoms with Crippen LogP contribution in [0.4, 0.5) is 10.1 Å². The summed E-state index contributed by atoms with van der Waals surface area (Å²) in [6.45, 7) is 2.01. The lowest BCUT2D eigenvalue weighted by molar-refractivity contribution is 0.102. The first-order valence-electron chi connectivity index (χ1n) is 8.89. The topological polar surface area (TPSA) is 46.9 Å². The standard InChI is InChI=1S/C23H18FN3O/c1-16-7-9-17(10-8-16)22-21(15-27(26-22)20-5-3-2-4-6-20)23(28)25-19-13-11-18(24)12-14-19/h2-15H,1H3,(H,25,28). The number of para-hydroxylation sites is 1. The van der Waals surface area contributed by atoms with E-state index in [2.05, 4.69) is 10.4 Å². The van der Waals surface area contributed by atoms with Crippen LogP contribution in [0.25, 0.3) is 16.9 Å². The maximum absolute atomic E-state index is 13.1. The fraction of sp³-hybridized carbons (Fsp3) is 0.0435. The number of nitrogens with zero attached hydrogens (tertiary/aromatic N) is 2. The van der Waals surface area contributed by atoms with Crippen LogP contribution in [0.5, 0.6) is 0 Å². The van der Waals surface area contributed by atoms with Crippen LogP contribution in [0.3, 0.4) is 0 Å². The number of carbonyl (C=O) groups excluding carboxylic acids is 1. The van der Waals surface area contributed by atoms with E-state index in [0.717, 1.165) is 16.8 Å². The van der Waals surface area contributed by atoms with Gasteiger partial charge in [0.05, 0.1) is 11.3 Å². The fourth-order valence-corrected chi connectivity index (χ4v) is 2.91. The minimum absolute atomic E-state index is 0.302. The highest BCUT2D eigenvalue weighted by molar-refractivity contribution is 6.08. The van der Waals surface area contributed by atoms with E-state index in [1.54, 1.807) is 10.9 Å². The third-order valence-electron chi connectivity index (χ3n) is 4.41. The van der Waals surface area contributed by atoms with Crippen molar-refractivity contribution in [3.05, 3.63) is 102 Å². The minimum Gasteiger partial charge on any atom is -0.322 e. The Morgan fingerprint density at radius 1 is 0.929 bits per heavy atom. The van der Waals surface area contributed by atoms with Crippen LogP contribution in [-0.4, -0.2) is 15.7 Å². The molecule has 0 aliphatic carbocycles. The van der Waals surface area contributed by atoms with Gasteiger partial charge < -0.3 is 5.32 Å². The van der Waals surface area contributed by atoms with Crippen LogP contribution in [0.2, 0.25) is 0 Å². The van der Waals surface area contributed by atoms with Gasteiger partial charge in [-0.15, -0.1) is 0 Å². The smallest absolute Gasteiger partial charge is 0.259 e. The Morgan fingerprint density at radius 3 is 2.29 bits per heavy atom. The van der Waals surface area contributed by atoms with E-state index in [1.165, 1.54) is 24.3 Å². The molecule has 0 saturated heterocycles. The molecule has 1 N–H and O–H groups in total. The van der Waals surface area contributed by atoms with Gasteiger partial charge in [0, 0.05) is 17.4 Å². The zero-order valence-corrected chi connectivity index (χ0v) is 15.3. The molecule has 138 valence electrons. The van der Waals surface area contributed by atoms with Crippen molar-refractivity contribution < 1.29 is 9.18 Å². The molecule has 1 heterocycles. The quantitative estimate of drug-likeness (QED) is 0.533. The van der Waals surface area contributed by atoms with E-state index in [4.69, 9.17) is 0 Å². The SMILES string of the molecule is Cc1ccc(-c2nn(-c3ccccc3)cc2C(=O)Nc2ccc(F)cc2)cc1. The Bertz CT molecular complexity index is 1100. The molecule has 0 aliphatic rings. The largest absolute Gasteiger partial charge is 0.322 e. The van der Waals surface area contributed by atoms with Crippen LogP contribution >= 0.6 is 0 Å². The summed E-state index contributed by atoms with van der Waals surface area (Å²) in [6, 6.07) is 23.1. The molecular weight excluding hydrogens is 353 g/mol. The third kappa shape index (κ3) is 3.69. The van der Waals surface area contributed by atoms with E-state index >= 15 is 0 Å². The second kappa shape index (κ2) is 7.48. The molecule has 0 saturated carbocycles. The molecule has 0 fully saturated rings. The summed E-state index contributed by atoms with van der Waals surface area (Å²) in [7, 11) is 0. The van der Waals surface area contributed by atoms with E-state index in [-0.39, 0.29) is 11.7 Å². The molecule has 0 spiro atoms. The molecule has 4 aromatic rings. The summed E-state index contributed by atoms with van der Waals surface area (Å²) in [6.07, 6.45) is 1.71. The normalized spacial score (nSPS) is 10.6. The highest BCUT2D eigenvalue weighted by Crippen LogP contribution is 2.25. The molecule has 5 heteroatoms. The summed E-state index contributed by atoms with van der Waals surface area (Å²) in [4.78, 5) is 12.9. The predicted molar refractivity (Wildman–Crippen MR) is 108 cm³/mol. The van der Waals surface area contributed by atoms with Crippen molar-refractivity contribution in [1.82, 2.24) is 9.78 Å². The van der Waals surface area contributed by atoms with Crippen molar-refractivity contribution in [2.45, 2.75) is 6.92 Å². The van der Waals surface area contributed by atoms with Gasteiger partial charge in [-0.1, -0.05) is 48.0 Å². The van der Waals surface area contributed by atoms with Crippen LogP contribution in [0.15, 0.2) is 85.1 Å². The van der Waals surface area contributed by atoms with Gasteiger partial charge in [0.2, 0.25) is 0 Å². The average molecular weight is 371 g/mol. The third-order valence-corrected chi connectivity index (χ3v) is 4.41. The summed E-state index contributed by atoms with van der Waals surface area (Å²) < 4.78 is 14.8. The first-order valence-corrected chi connectivity index (χ1v) is 8.89. The predicted octanol–water partition coefficient (Wildman–Crippen LogP) is 5.24. The molecule has 0 bridgehead atoms. The van der Waals surface area contributed by atoms with Crippen LogP contribution < -0.4 is 5.32 Å². The molecular formula is C23H18FN3O. The van der Waals surface area contributed by atoms with Crippen LogP contribution in [0.1, 0.15) is 15.9 Å². The highest BCUT2D eigenvalue weighted by atomic mass is 19.1. The summed E-state index contributed by atoms with van der Waals surface area (Å²) in [5, 5.41) is 7.47. The molecule has 1 aromatic heterocycles. The van der Waals surface area contributed by atoms with E-state index in [0.29, 0.717) is 16.9 Å². The number of anilines is 1. The number of nitrogens with one attached hydrogen (secondary N) is 1. The van der Waals surface area contributed by atoms with Crippen molar-refractivity contribution in [3.63, 3.8) is 0 Å². The van der Waals surface area contributed by atoms with Crippen molar-refractivity contribution in [2.24, 2.45) is 0 Å². The van der Waals surface area contributed by atoms with Crippen molar-refractivity contribution in [3.8, 4) is 16.9 Å². The van der Waals surface area contributed by atoms with Crippen molar-refractivity contribution in [1.29, 1.82) is 0 Å². The summed E-state index contributed by atoms with van der Waals surface area (Å²) >= 11 is 0. The number of halogens is 1. The van der Waals surface area contributed by atoms with Gasteiger partial charge >= 0.3 is 0 Å². The zero-order valence-electron chi connectivity index (χ0n) is 15.3. The lowest BCUT2D eigenvalue weighted by atomic mass is 10.1. The fourth-order valence-electron chi connectivity index (χ4n) is 2.91. The van der Waals surface area contributed by atoms with Gasteiger partial charge in [-0.05, 0) is 43.3 Å². The number of hydrogen-bond acceptors (Lipinski definition) is 2. The molecule has 4 rings (SSSR count). The first-order chi connectivity index (χ1) is 13.6. The zero-order chi connectivity index (χ0) is 19.5. The summed E-state index contributed by atoms with van der Waals surface area (Å²) in [5.74, 6) is -0.653. The molecule has 3 aromatic carbocycles. The molecule has 4 nitrogen and oxygen atoms in total. The minimum atomic E-state index is -0.352. The second-order valence-corrected chi connectivity index (χ2v) is 6.50. The molecule has 0 unspecified atom stereocenters. The van der Waals surface area contributed by atoms with Crippen molar-refractivity contribution >= 4 is 11.6 Å². The maximum atomic E-state index is 13.1. The molecule has 1 amide bonds. The Balaban J connectivity index is 1.75. The van der Waals surface area contributed by atoms with Gasteiger partial charge in [-0.25, -0.2) is 9.07 Å². The second-order valence-electron chi connectivity index (χ2n) is 6.50. The number of aromatic nitrogens is 2. The Morgan fingerprint density at radius 2 is 1.61 bits per heavy atom. The molecule has 28 heavy (non-hydrogen) atoms. The van der Waals surface area contributed by atoms with E-state index in [9.17, 15) is 9.18 Å². The molecule has 0 radical (unpaired) electrons. The van der Waals surface area contributed by atoms with Gasteiger partial charge in [0.25, 0.3) is 5.91 Å². The number of amides is 1. The lowest BCUT2D eigenvalue weighted by Crippen LogP contribution is -2.12. The van der Waals surface area contributed by atoms with E-state index < -0.39 is 0 Å². The Hall–Kier alpha value is -3.73. The summed E-state index contributed by atoms with van der Waals surface area (Å²) in [5.41, 5.74) is 4.39. The van der Waals surface area contributed by atoms with Gasteiger partial charge in [0.15, 0.2) is 0 Å². The Kier molecular flexibility index (Phi) is 4.72. The van der Waals surface area contributed by atoms with Crippen molar-refractivity contribution in [2.75, 3.05) is 5.32 Å². The number of rotatable bonds is 4. The monoisotopic (exact) mass is 371 g/mol. The van der Waals surface area contributed by atoms with Gasteiger partial charge in [-0.2, -0.15) is 5.10 Å². The lowest BCUT2D eigenvalue weighted by Gasteiger charge is -2.05. The number of benzene rings is 3. The number of aryl methyl sites for hydroxylation is 1. The van der Waals surface area contributed by atoms with E-state index in [1.807, 2.05) is 61.5 Å². The average Bonchev–Trinajstić information content (AvgIpc) is 3.17.